The van der Waals surface area contributed by atoms with Gasteiger partial charge in [0.15, 0.2) is 0 Å². The van der Waals surface area contributed by atoms with Gasteiger partial charge < -0.3 is 10.6 Å². The maximum absolute atomic E-state index is 11.9. The topological polar surface area (TPSA) is 46.3 Å². The van der Waals surface area contributed by atoms with Crippen LogP contribution in [0.25, 0.3) is 0 Å². The number of carbonyl (C=O) groups excluding carboxylic acids is 1. The summed E-state index contributed by atoms with van der Waals surface area (Å²) in [6, 6.07) is 8.07. The number of carbonyl (C=O) groups is 1. The first kappa shape index (κ1) is 15.2. The Bertz CT molecular complexity index is 413. The van der Waals surface area contributed by atoms with Crippen molar-refractivity contribution in [2.75, 3.05) is 13.6 Å². The fourth-order valence-electron chi connectivity index (χ4n) is 1.64. The summed E-state index contributed by atoms with van der Waals surface area (Å²) in [5.74, 6) is 0.0922. The van der Waals surface area contributed by atoms with Gasteiger partial charge >= 0.3 is 0 Å². The summed E-state index contributed by atoms with van der Waals surface area (Å²) in [5.41, 5.74) is 6.62. The summed E-state index contributed by atoms with van der Waals surface area (Å²) < 4.78 is 1.09. The van der Waals surface area contributed by atoms with E-state index in [4.69, 9.17) is 5.73 Å². The van der Waals surface area contributed by atoms with Crippen LogP contribution in [0.5, 0.6) is 0 Å². The van der Waals surface area contributed by atoms with Gasteiger partial charge in [-0.1, -0.05) is 34.1 Å². The van der Waals surface area contributed by atoms with Crippen LogP contribution in [0, 0.1) is 0 Å². The lowest BCUT2D eigenvalue weighted by molar-refractivity contribution is -0.130. The van der Waals surface area contributed by atoms with Crippen LogP contribution < -0.4 is 5.73 Å². The SMILES string of the molecule is CN(CCc1ccccc1Br)C(=O)CC(C)(C)N. The van der Waals surface area contributed by atoms with E-state index in [2.05, 4.69) is 22.0 Å². The van der Waals surface area contributed by atoms with Crippen LogP contribution in [0.3, 0.4) is 0 Å². The molecule has 4 heteroatoms. The Kier molecular flexibility index (Phi) is 5.35. The van der Waals surface area contributed by atoms with E-state index in [1.54, 1.807) is 4.90 Å². The highest BCUT2D eigenvalue weighted by Gasteiger charge is 2.19. The first-order valence-electron chi connectivity index (χ1n) is 6.06. The normalized spacial score (nSPS) is 11.4. The summed E-state index contributed by atoms with van der Waals surface area (Å²) >= 11 is 3.51. The molecule has 0 saturated carbocycles. The van der Waals surface area contributed by atoms with Gasteiger partial charge in [0.05, 0.1) is 0 Å². The van der Waals surface area contributed by atoms with Crippen molar-refractivity contribution in [3.05, 3.63) is 34.3 Å². The molecular formula is C14H21BrN2O. The van der Waals surface area contributed by atoms with Gasteiger partial charge in [0.2, 0.25) is 5.91 Å². The molecule has 0 aromatic heterocycles. The number of hydrogen-bond acceptors (Lipinski definition) is 2. The smallest absolute Gasteiger partial charge is 0.224 e. The van der Waals surface area contributed by atoms with E-state index in [9.17, 15) is 4.79 Å². The van der Waals surface area contributed by atoms with E-state index in [1.807, 2.05) is 39.1 Å². The summed E-state index contributed by atoms with van der Waals surface area (Å²) in [6.07, 6.45) is 1.22. The van der Waals surface area contributed by atoms with Gasteiger partial charge in [0.25, 0.3) is 0 Å². The van der Waals surface area contributed by atoms with Gasteiger partial charge in [-0.15, -0.1) is 0 Å². The molecule has 0 heterocycles. The highest BCUT2D eigenvalue weighted by atomic mass is 79.9. The van der Waals surface area contributed by atoms with Crippen molar-refractivity contribution < 1.29 is 4.79 Å². The van der Waals surface area contributed by atoms with E-state index in [0.717, 1.165) is 10.9 Å². The number of likely N-dealkylation sites (N-methyl/N-ethyl adjacent to an activating group) is 1. The first-order valence-corrected chi connectivity index (χ1v) is 6.85. The Morgan fingerprint density at radius 1 is 1.39 bits per heavy atom. The van der Waals surface area contributed by atoms with Crippen LogP contribution in [-0.4, -0.2) is 29.9 Å². The average Bonchev–Trinajstić information content (AvgIpc) is 2.25. The van der Waals surface area contributed by atoms with E-state index in [1.165, 1.54) is 5.56 Å². The monoisotopic (exact) mass is 312 g/mol. The minimum atomic E-state index is -0.446. The second kappa shape index (κ2) is 6.34. The molecule has 0 aliphatic carbocycles. The third kappa shape index (κ3) is 5.19. The third-order valence-corrected chi connectivity index (χ3v) is 3.48. The zero-order chi connectivity index (χ0) is 13.8. The predicted molar refractivity (Wildman–Crippen MR) is 78.4 cm³/mol. The third-order valence-electron chi connectivity index (χ3n) is 2.71. The van der Waals surface area contributed by atoms with Gasteiger partial charge in [-0.2, -0.15) is 0 Å². The molecular weight excluding hydrogens is 292 g/mol. The quantitative estimate of drug-likeness (QED) is 0.908. The van der Waals surface area contributed by atoms with Crippen molar-refractivity contribution in [1.82, 2.24) is 4.90 Å². The van der Waals surface area contributed by atoms with Crippen LogP contribution in [0.4, 0.5) is 0 Å². The van der Waals surface area contributed by atoms with E-state index >= 15 is 0 Å². The molecule has 0 unspecified atom stereocenters. The van der Waals surface area contributed by atoms with Crippen molar-refractivity contribution in [2.45, 2.75) is 32.2 Å². The largest absolute Gasteiger partial charge is 0.345 e. The number of rotatable bonds is 5. The molecule has 0 radical (unpaired) electrons. The molecule has 0 saturated heterocycles. The second-order valence-electron chi connectivity index (χ2n) is 5.32. The van der Waals surface area contributed by atoms with E-state index < -0.39 is 5.54 Å². The summed E-state index contributed by atoms with van der Waals surface area (Å²) in [5, 5.41) is 0. The first-order chi connectivity index (χ1) is 8.29. The molecule has 100 valence electrons. The van der Waals surface area contributed by atoms with Crippen molar-refractivity contribution in [3.63, 3.8) is 0 Å². The van der Waals surface area contributed by atoms with Crippen molar-refractivity contribution in [1.29, 1.82) is 0 Å². The maximum atomic E-state index is 11.9. The lowest BCUT2D eigenvalue weighted by atomic mass is 10.0. The number of nitrogens with two attached hydrogens (primary N) is 1. The van der Waals surface area contributed by atoms with Crippen LogP contribution in [-0.2, 0) is 11.2 Å². The highest BCUT2D eigenvalue weighted by molar-refractivity contribution is 9.10. The molecule has 1 rings (SSSR count). The molecule has 0 aliphatic heterocycles. The predicted octanol–water partition coefficient (Wildman–Crippen LogP) is 2.58. The van der Waals surface area contributed by atoms with Gasteiger partial charge in [-0.05, 0) is 31.9 Å². The Hall–Kier alpha value is -0.870. The van der Waals surface area contributed by atoms with Crippen LogP contribution in [0.1, 0.15) is 25.8 Å². The molecule has 18 heavy (non-hydrogen) atoms. The number of hydrogen-bond donors (Lipinski definition) is 1. The zero-order valence-corrected chi connectivity index (χ0v) is 12.8. The van der Waals surface area contributed by atoms with Gasteiger partial charge in [-0.25, -0.2) is 0 Å². The standard InChI is InChI=1S/C14H21BrN2O/c1-14(2,16)10-13(18)17(3)9-8-11-6-4-5-7-12(11)15/h4-7H,8-10,16H2,1-3H3. The molecule has 1 aromatic rings. The Labute approximate surface area is 117 Å². The Morgan fingerprint density at radius 2 is 2.00 bits per heavy atom. The highest BCUT2D eigenvalue weighted by Crippen LogP contribution is 2.16. The molecule has 0 aliphatic rings. The minimum absolute atomic E-state index is 0.0922. The number of nitrogens with zero attached hydrogens (tertiary/aromatic N) is 1. The number of benzene rings is 1. The molecule has 0 spiro atoms. The van der Waals surface area contributed by atoms with Crippen LogP contribution in [0.15, 0.2) is 28.7 Å². The lowest BCUT2D eigenvalue weighted by Gasteiger charge is -2.23. The molecule has 1 amide bonds. The summed E-state index contributed by atoms with van der Waals surface area (Å²) in [7, 11) is 1.82. The summed E-state index contributed by atoms with van der Waals surface area (Å²) in [6.45, 7) is 4.44. The van der Waals surface area contributed by atoms with Crippen molar-refractivity contribution in [3.8, 4) is 0 Å². The zero-order valence-electron chi connectivity index (χ0n) is 11.2. The molecule has 0 fully saturated rings. The Morgan fingerprint density at radius 3 is 2.56 bits per heavy atom. The van der Waals surface area contributed by atoms with Crippen molar-refractivity contribution >= 4 is 21.8 Å². The number of amides is 1. The molecule has 3 nitrogen and oxygen atoms in total. The van der Waals surface area contributed by atoms with E-state index in [0.29, 0.717) is 13.0 Å². The van der Waals surface area contributed by atoms with E-state index in [-0.39, 0.29) is 5.91 Å². The molecule has 0 bridgehead atoms. The fourth-order valence-corrected chi connectivity index (χ4v) is 2.12. The fraction of sp³-hybridized carbons (Fsp3) is 0.500. The minimum Gasteiger partial charge on any atom is -0.345 e. The molecule has 0 atom stereocenters. The van der Waals surface area contributed by atoms with Gasteiger partial charge in [0.1, 0.15) is 0 Å². The summed E-state index contributed by atoms with van der Waals surface area (Å²) in [4.78, 5) is 13.6. The van der Waals surface area contributed by atoms with Crippen LogP contribution in [0.2, 0.25) is 0 Å². The maximum Gasteiger partial charge on any atom is 0.224 e. The Balaban J connectivity index is 2.49. The van der Waals surface area contributed by atoms with Crippen molar-refractivity contribution in [2.24, 2.45) is 5.73 Å². The average molecular weight is 313 g/mol. The molecule has 2 N–H and O–H groups in total. The number of halogens is 1. The second-order valence-corrected chi connectivity index (χ2v) is 6.18. The lowest BCUT2D eigenvalue weighted by Crippen LogP contribution is -2.40. The van der Waals surface area contributed by atoms with Gasteiger partial charge in [-0.3, -0.25) is 4.79 Å². The van der Waals surface area contributed by atoms with Gasteiger partial charge in [0, 0.05) is 30.0 Å². The molecule has 1 aromatic carbocycles. The van der Waals surface area contributed by atoms with Crippen LogP contribution >= 0.6 is 15.9 Å².